The van der Waals surface area contributed by atoms with Crippen molar-refractivity contribution in [3.05, 3.63) is 70.6 Å². The lowest BCUT2D eigenvalue weighted by Crippen LogP contribution is -2.38. The quantitative estimate of drug-likeness (QED) is 0.433. The molecule has 0 radical (unpaired) electrons. The maximum atomic E-state index is 13.2. The minimum absolute atomic E-state index is 0. The molecule has 1 N–H and O–H groups in total. The fraction of sp³-hybridized carbons (Fsp3) is 0.368. The monoisotopic (exact) mass is 405 g/mol. The summed E-state index contributed by atoms with van der Waals surface area (Å²) in [6.07, 6.45) is 5.42. The fourth-order valence-electron chi connectivity index (χ4n) is 3.53. The number of nitro benzene ring substituents is 1. The molecule has 1 amide bonds. The Labute approximate surface area is 169 Å². The Morgan fingerprint density at radius 1 is 1.50 bits per heavy atom. The van der Waals surface area contributed by atoms with Gasteiger partial charge in [-0.2, -0.15) is 5.10 Å². The number of aromatic nitrogens is 2. The summed E-state index contributed by atoms with van der Waals surface area (Å²) < 4.78 is 1.74. The molecule has 2 atom stereocenters. The summed E-state index contributed by atoms with van der Waals surface area (Å²) in [5.41, 5.74) is 1.78. The summed E-state index contributed by atoms with van der Waals surface area (Å²) in [5.74, 6) is -0.128. The molecule has 1 aliphatic heterocycles. The van der Waals surface area contributed by atoms with E-state index in [1.165, 1.54) is 12.1 Å². The summed E-state index contributed by atoms with van der Waals surface area (Å²) in [7, 11) is 1.86. The Balaban J connectivity index is 0.00000280. The second kappa shape index (κ2) is 9.48. The molecule has 0 unspecified atom stereocenters. The number of nitro groups is 1. The van der Waals surface area contributed by atoms with Crippen molar-refractivity contribution in [2.45, 2.75) is 12.5 Å². The van der Waals surface area contributed by atoms with Gasteiger partial charge in [0, 0.05) is 57.5 Å². The Kier molecular flexibility index (Phi) is 7.31. The largest absolute Gasteiger partial charge is 0.334 e. The maximum Gasteiger partial charge on any atom is 0.269 e. The number of aryl methyl sites for hydroxylation is 1. The van der Waals surface area contributed by atoms with E-state index >= 15 is 0 Å². The second-order valence-electron chi connectivity index (χ2n) is 6.75. The van der Waals surface area contributed by atoms with Crippen molar-refractivity contribution in [2.75, 3.05) is 19.6 Å². The van der Waals surface area contributed by atoms with E-state index in [0.29, 0.717) is 19.6 Å². The molecule has 1 aliphatic rings. The van der Waals surface area contributed by atoms with E-state index in [4.69, 9.17) is 0 Å². The van der Waals surface area contributed by atoms with Crippen LogP contribution in [0.5, 0.6) is 0 Å². The van der Waals surface area contributed by atoms with Gasteiger partial charge in [-0.15, -0.1) is 19.0 Å². The first-order chi connectivity index (χ1) is 13.0. The van der Waals surface area contributed by atoms with Crippen molar-refractivity contribution < 1.29 is 9.72 Å². The number of nitrogens with zero attached hydrogens (tertiary/aromatic N) is 4. The number of amides is 1. The van der Waals surface area contributed by atoms with Gasteiger partial charge in [-0.3, -0.25) is 19.6 Å². The molecule has 150 valence electrons. The molecule has 0 aliphatic carbocycles. The average molecular weight is 406 g/mol. The molecule has 0 saturated carbocycles. The lowest BCUT2D eigenvalue weighted by atomic mass is 9.89. The number of carbonyl (C=O) groups excluding carboxylic acids is 1. The molecule has 0 spiro atoms. The topological polar surface area (TPSA) is 93.3 Å². The van der Waals surface area contributed by atoms with Gasteiger partial charge in [-0.05, 0) is 11.1 Å². The third kappa shape index (κ3) is 4.76. The van der Waals surface area contributed by atoms with E-state index in [2.05, 4.69) is 17.0 Å². The molecule has 3 rings (SSSR count). The van der Waals surface area contributed by atoms with E-state index in [0.717, 1.165) is 17.7 Å². The van der Waals surface area contributed by atoms with E-state index in [1.54, 1.807) is 34.0 Å². The molecule has 1 saturated heterocycles. The van der Waals surface area contributed by atoms with E-state index in [-0.39, 0.29) is 35.8 Å². The number of carbonyl (C=O) groups is 1. The van der Waals surface area contributed by atoms with Crippen molar-refractivity contribution in [3.8, 4) is 0 Å². The predicted molar refractivity (Wildman–Crippen MR) is 108 cm³/mol. The van der Waals surface area contributed by atoms with Gasteiger partial charge >= 0.3 is 0 Å². The first-order valence-electron chi connectivity index (χ1n) is 8.82. The van der Waals surface area contributed by atoms with Crippen molar-refractivity contribution in [1.29, 1.82) is 0 Å². The first kappa shape index (κ1) is 21.6. The van der Waals surface area contributed by atoms with Gasteiger partial charge in [0.15, 0.2) is 0 Å². The lowest BCUT2D eigenvalue weighted by Gasteiger charge is -2.27. The van der Waals surface area contributed by atoms with Crippen molar-refractivity contribution in [1.82, 2.24) is 20.0 Å². The van der Waals surface area contributed by atoms with Crippen LogP contribution in [0.1, 0.15) is 17.0 Å². The molecule has 9 heteroatoms. The minimum atomic E-state index is -0.428. The first-order valence-corrected chi connectivity index (χ1v) is 8.82. The number of benzene rings is 1. The lowest BCUT2D eigenvalue weighted by molar-refractivity contribution is -0.384. The molecule has 8 nitrogen and oxygen atoms in total. The summed E-state index contributed by atoms with van der Waals surface area (Å²) in [5, 5.41) is 18.5. The molecule has 1 aromatic heterocycles. The second-order valence-corrected chi connectivity index (χ2v) is 6.75. The molecular weight excluding hydrogens is 382 g/mol. The number of rotatable bonds is 7. The molecule has 28 heavy (non-hydrogen) atoms. The summed E-state index contributed by atoms with van der Waals surface area (Å²) >= 11 is 0. The van der Waals surface area contributed by atoms with E-state index < -0.39 is 4.92 Å². The highest BCUT2D eigenvalue weighted by Gasteiger charge is 2.36. The van der Waals surface area contributed by atoms with Crippen LogP contribution in [0.2, 0.25) is 0 Å². The van der Waals surface area contributed by atoms with Crippen molar-refractivity contribution in [2.24, 2.45) is 13.0 Å². The highest BCUT2D eigenvalue weighted by molar-refractivity contribution is 5.85. The van der Waals surface area contributed by atoms with Crippen LogP contribution in [0.25, 0.3) is 0 Å². The van der Waals surface area contributed by atoms with Crippen LogP contribution < -0.4 is 5.32 Å². The zero-order chi connectivity index (χ0) is 19.4. The van der Waals surface area contributed by atoms with Crippen LogP contribution in [0.4, 0.5) is 5.69 Å². The number of halogens is 1. The number of hydrogen-bond acceptors (Lipinski definition) is 5. The average Bonchev–Trinajstić information content (AvgIpc) is 3.29. The van der Waals surface area contributed by atoms with E-state index in [9.17, 15) is 14.9 Å². The maximum absolute atomic E-state index is 13.2. The molecule has 1 fully saturated rings. The van der Waals surface area contributed by atoms with Gasteiger partial charge < -0.3 is 10.2 Å². The number of hydrogen-bond donors (Lipinski definition) is 1. The zero-order valence-corrected chi connectivity index (χ0v) is 16.5. The summed E-state index contributed by atoms with van der Waals surface area (Å²) in [6, 6.07) is 6.39. The van der Waals surface area contributed by atoms with Gasteiger partial charge in [0.05, 0.1) is 17.0 Å². The Bertz CT molecular complexity index is 854. The van der Waals surface area contributed by atoms with Gasteiger partial charge in [0.25, 0.3) is 5.69 Å². The standard InChI is InChI=1S/C19H23N5O3.ClH/c1-3-7-23(12-14-5-4-6-16(8-14)24(26)27)19(25)18-11-20-10-17(18)15-9-21-22(2)13-15;/h3-6,8-9,13,17-18,20H,1,7,10-12H2,2H3;1H/t17-,18+;/m1./s1. The Morgan fingerprint density at radius 3 is 2.93 bits per heavy atom. The smallest absolute Gasteiger partial charge is 0.269 e. The fourth-order valence-corrected chi connectivity index (χ4v) is 3.53. The third-order valence-electron chi connectivity index (χ3n) is 4.84. The predicted octanol–water partition coefficient (Wildman–Crippen LogP) is 2.27. The Hall–Kier alpha value is -2.71. The summed E-state index contributed by atoms with van der Waals surface area (Å²) in [6.45, 7) is 5.76. The van der Waals surface area contributed by atoms with Crippen LogP contribution in [0, 0.1) is 16.0 Å². The van der Waals surface area contributed by atoms with Crippen molar-refractivity contribution >= 4 is 24.0 Å². The minimum Gasteiger partial charge on any atom is -0.334 e. The number of non-ortho nitro benzene ring substituents is 1. The van der Waals surface area contributed by atoms with Crippen LogP contribution in [0.15, 0.2) is 49.3 Å². The highest BCUT2D eigenvalue weighted by atomic mass is 35.5. The van der Waals surface area contributed by atoms with E-state index in [1.807, 2.05) is 13.2 Å². The molecular formula is C19H24ClN5O3. The van der Waals surface area contributed by atoms with Gasteiger partial charge in [-0.1, -0.05) is 18.2 Å². The highest BCUT2D eigenvalue weighted by Crippen LogP contribution is 2.30. The SMILES string of the molecule is C=CCN(Cc1cccc([N+](=O)[O-])c1)C(=O)[C@H]1CNC[C@@H]1c1cnn(C)c1.Cl. The van der Waals surface area contributed by atoms with Gasteiger partial charge in [0.2, 0.25) is 5.91 Å². The van der Waals surface area contributed by atoms with Crippen LogP contribution in [-0.2, 0) is 18.4 Å². The number of nitrogens with one attached hydrogen (secondary N) is 1. The summed E-state index contributed by atoms with van der Waals surface area (Å²) in [4.78, 5) is 25.5. The third-order valence-corrected chi connectivity index (χ3v) is 4.84. The van der Waals surface area contributed by atoms with Gasteiger partial charge in [0.1, 0.15) is 0 Å². The molecule has 2 aromatic rings. The van der Waals surface area contributed by atoms with Gasteiger partial charge in [-0.25, -0.2) is 0 Å². The van der Waals surface area contributed by atoms with Crippen LogP contribution in [-0.4, -0.2) is 45.1 Å². The zero-order valence-electron chi connectivity index (χ0n) is 15.7. The Morgan fingerprint density at radius 2 is 2.29 bits per heavy atom. The normalized spacial score (nSPS) is 18.3. The van der Waals surface area contributed by atoms with Crippen LogP contribution in [0.3, 0.4) is 0 Å². The van der Waals surface area contributed by atoms with Crippen LogP contribution >= 0.6 is 12.4 Å². The molecule has 1 aromatic carbocycles. The molecule has 2 heterocycles. The van der Waals surface area contributed by atoms with Crippen molar-refractivity contribution in [3.63, 3.8) is 0 Å². The molecule has 0 bridgehead atoms.